The highest BCUT2D eigenvalue weighted by molar-refractivity contribution is 7.17. The third-order valence-electron chi connectivity index (χ3n) is 5.10. The molecule has 2 amide bonds. The van der Waals surface area contributed by atoms with Crippen molar-refractivity contribution in [3.63, 3.8) is 0 Å². The summed E-state index contributed by atoms with van der Waals surface area (Å²) in [6.07, 6.45) is 1.87. The molecule has 1 atom stereocenters. The second-order valence-electron chi connectivity index (χ2n) is 7.32. The molecule has 0 saturated carbocycles. The summed E-state index contributed by atoms with van der Waals surface area (Å²) in [7, 11) is 0. The Labute approximate surface area is 188 Å². The number of nitrogens with zero attached hydrogens (tertiary/aromatic N) is 2. The van der Waals surface area contributed by atoms with Crippen LogP contribution in [0.4, 0.5) is 11.4 Å². The van der Waals surface area contributed by atoms with E-state index in [4.69, 9.17) is 0 Å². The van der Waals surface area contributed by atoms with Crippen LogP contribution in [0.15, 0.2) is 71.1 Å². The second kappa shape index (κ2) is 9.15. The maximum absolute atomic E-state index is 13.4. The third-order valence-corrected chi connectivity index (χ3v) is 5.99. The fraction of sp³-hybridized carbons (Fsp3) is 0.167. The van der Waals surface area contributed by atoms with Crippen LogP contribution in [0.3, 0.4) is 0 Å². The lowest BCUT2D eigenvalue weighted by molar-refractivity contribution is -0.119. The molecule has 0 aliphatic rings. The van der Waals surface area contributed by atoms with Gasteiger partial charge in [0, 0.05) is 29.2 Å². The van der Waals surface area contributed by atoms with Gasteiger partial charge in [-0.15, -0.1) is 11.3 Å². The van der Waals surface area contributed by atoms with Gasteiger partial charge >= 0.3 is 0 Å². The molecular formula is C24H22N4O3S. The number of benzene rings is 2. The van der Waals surface area contributed by atoms with Gasteiger partial charge in [0.1, 0.15) is 10.9 Å². The zero-order chi connectivity index (χ0) is 22.7. The molecule has 7 nitrogen and oxygen atoms in total. The summed E-state index contributed by atoms with van der Waals surface area (Å²) in [6.45, 7) is 3.29. The van der Waals surface area contributed by atoms with Crippen LogP contribution in [0, 0.1) is 0 Å². The Kier molecular flexibility index (Phi) is 6.13. The van der Waals surface area contributed by atoms with Crippen molar-refractivity contribution in [3.8, 4) is 11.1 Å². The Hall–Kier alpha value is -3.78. The molecule has 162 valence electrons. The largest absolute Gasteiger partial charge is 0.326 e. The van der Waals surface area contributed by atoms with Crippen LogP contribution < -0.4 is 16.2 Å². The Balaban J connectivity index is 1.64. The molecular weight excluding hydrogens is 424 g/mol. The molecule has 2 aromatic heterocycles. The van der Waals surface area contributed by atoms with Crippen molar-refractivity contribution in [3.05, 3.63) is 76.7 Å². The molecule has 2 heterocycles. The molecule has 0 aliphatic carbocycles. The minimum atomic E-state index is -0.710. The average molecular weight is 447 g/mol. The second-order valence-corrected chi connectivity index (χ2v) is 8.18. The van der Waals surface area contributed by atoms with Crippen molar-refractivity contribution in [1.29, 1.82) is 0 Å². The van der Waals surface area contributed by atoms with E-state index in [2.05, 4.69) is 15.6 Å². The Morgan fingerprint density at radius 3 is 2.31 bits per heavy atom. The lowest BCUT2D eigenvalue weighted by Crippen LogP contribution is -2.33. The predicted octanol–water partition coefficient (Wildman–Crippen LogP) is 4.67. The van der Waals surface area contributed by atoms with E-state index >= 15 is 0 Å². The first-order valence-corrected chi connectivity index (χ1v) is 11.1. The maximum Gasteiger partial charge on any atom is 0.263 e. The van der Waals surface area contributed by atoms with Crippen LogP contribution in [0.5, 0.6) is 0 Å². The molecule has 2 N–H and O–H groups in total. The number of rotatable bonds is 6. The van der Waals surface area contributed by atoms with Crippen molar-refractivity contribution < 1.29 is 9.59 Å². The summed E-state index contributed by atoms with van der Waals surface area (Å²) in [5.74, 6) is -0.474. The van der Waals surface area contributed by atoms with Crippen LogP contribution >= 0.6 is 11.3 Å². The summed E-state index contributed by atoms with van der Waals surface area (Å²) in [6, 6.07) is 15.8. The highest BCUT2D eigenvalue weighted by atomic mass is 32.1. The van der Waals surface area contributed by atoms with Gasteiger partial charge in [-0.3, -0.25) is 19.0 Å². The van der Waals surface area contributed by atoms with E-state index < -0.39 is 6.04 Å². The van der Waals surface area contributed by atoms with Gasteiger partial charge in [-0.05, 0) is 36.2 Å². The van der Waals surface area contributed by atoms with Crippen molar-refractivity contribution in [1.82, 2.24) is 9.55 Å². The van der Waals surface area contributed by atoms with Gasteiger partial charge in [-0.25, -0.2) is 4.98 Å². The fourth-order valence-corrected chi connectivity index (χ4v) is 4.48. The lowest BCUT2D eigenvalue weighted by Gasteiger charge is -2.18. The maximum atomic E-state index is 13.4. The molecule has 8 heteroatoms. The van der Waals surface area contributed by atoms with Gasteiger partial charge in [0.05, 0.1) is 11.7 Å². The zero-order valence-corrected chi connectivity index (χ0v) is 18.5. The monoisotopic (exact) mass is 446 g/mol. The topological polar surface area (TPSA) is 93.1 Å². The van der Waals surface area contributed by atoms with E-state index in [0.29, 0.717) is 28.0 Å². The Bertz CT molecular complexity index is 1330. The quantitative estimate of drug-likeness (QED) is 0.450. The number of nitrogens with one attached hydrogen (secondary N) is 2. The molecule has 0 bridgehead atoms. The standard InChI is InChI=1S/C24H22N4O3S/c1-3-20(22(30)27-18-11-9-17(10-12-18)26-15(2)29)28-14-25-23-21(24(28)31)19(13-32-23)16-7-5-4-6-8-16/h4-14,20H,3H2,1-2H3,(H,26,29)(H,27,30). The highest BCUT2D eigenvalue weighted by Crippen LogP contribution is 2.30. The Morgan fingerprint density at radius 2 is 1.69 bits per heavy atom. The first-order valence-electron chi connectivity index (χ1n) is 10.2. The molecule has 2 aromatic carbocycles. The number of aromatic nitrogens is 2. The Morgan fingerprint density at radius 1 is 1.03 bits per heavy atom. The number of amides is 2. The number of hydrogen-bond acceptors (Lipinski definition) is 5. The number of hydrogen-bond donors (Lipinski definition) is 2. The van der Waals surface area contributed by atoms with Gasteiger partial charge in [-0.1, -0.05) is 37.3 Å². The van der Waals surface area contributed by atoms with E-state index in [1.807, 2.05) is 42.6 Å². The van der Waals surface area contributed by atoms with Crippen molar-refractivity contribution in [2.45, 2.75) is 26.3 Å². The number of carbonyl (C=O) groups excluding carboxylic acids is 2. The fourth-order valence-electron chi connectivity index (χ4n) is 3.57. The van der Waals surface area contributed by atoms with Crippen molar-refractivity contribution >= 4 is 44.7 Å². The summed E-state index contributed by atoms with van der Waals surface area (Å²) in [5.41, 5.74) is 2.73. The van der Waals surface area contributed by atoms with Gasteiger partial charge < -0.3 is 10.6 Å². The number of anilines is 2. The molecule has 1 unspecified atom stereocenters. The van der Waals surface area contributed by atoms with Crippen LogP contribution in [0.25, 0.3) is 21.3 Å². The molecule has 0 spiro atoms. The van der Waals surface area contributed by atoms with E-state index in [-0.39, 0.29) is 17.4 Å². The van der Waals surface area contributed by atoms with E-state index in [1.165, 1.54) is 29.2 Å². The van der Waals surface area contributed by atoms with Gasteiger partial charge in [-0.2, -0.15) is 0 Å². The minimum absolute atomic E-state index is 0.168. The summed E-state index contributed by atoms with van der Waals surface area (Å²) < 4.78 is 1.41. The van der Waals surface area contributed by atoms with E-state index in [9.17, 15) is 14.4 Å². The molecule has 0 saturated heterocycles. The van der Waals surface area contributed by atoms with Crippen molar-refractivity contribution in [2.24, 2.45) is 0 Å². The molecule has 0 aliphatic heterocycles. The molecule has 0 radical (unpaired) electrons. The molecule has 4 rings (SSSR count). The molecule has 32 heavy (non-hydrogen) atoms. The number of fused-ring (bicyclic) bond motifs is 1. The summed E-state index contributed by atoms with van der Waals surface area (Å²) in [5, 5.41) is 7.98. The first-order chi connectivity index (χ1) is 15.5. The van der Waals surface area contributed by atoms with E-state index in [0.717, 1.165) is 11.1 Å². The highest BCUT2D eigenvalue weighted by Gasteiger charge is 2.23. The number of carbonyl (C=O) groups is 2. The van der Waals surface area contributed by atoms with Gasteiger partial charge in [0.15, 0.2) is 0 Å². The minimum Gasteiger partial charge on any atom is -0.326 e. The zero-order valence-electron chi connectivity index (χ0n) is 17.7. The first kappa shape index (κ1) is 21.5. The predicted molar refractivity (Wildman–Crippen MR) is 128 cm³/mol. The van der Waals surface area contributed by atoms with Crippen molar-refractivity contribution in [2.75, 3.05) is 10.6 Å². The normalized spacial score (nSPS) is 11.8. The summed E-state index contributed by atoms with van der Waals surface area (Å²) >= 11 is 1.41. The lowest BCUT2D eigenvalue weighted by atomic mass is 10.1. The average Bonchev–Trinajstić information content (AvgIpc) is 3.22. The SMILES string of the molecule is CCC(C(=O)Nc1ccc(NC(C)=O)cc1)n1cnc2scc(-c3ccccc3)c2c1=O. The van der Waals surface area contributed by atoms with Crippen LogP contribution in [-0.4, -0.2) is 21.4 Å². The number of thiophene rings is 1. The van der Waals surface area contributed by atoms with Gasteiger partial charge in [0.25, 0.3) is 5.56 Å². The van der Waals surface area contributed by atoms with Crippen LogP contribution in [0.2, 0.25) is 0 Å². The van der Waals surface area contributed by atoms with Crippen LogP contribution in [0.1, 0.15) is 26.3 Å². The molecule has 4 aromatic rings. The van der Waals surface area contributed by atoms with Crippen LogP contribution in [-0.2, 0) is 9.59 Å². The van der Waals surface area contributed by atoms with Gasteiger partial charge in [0.2, 0.25) is 11.8 Å². The molecule has 0 fully saturated rings. The van der Waals surface area contributed by atoms with E-state index in [1.54, 1.807) is 24.3 Å². The smallest absolute Gasteiger partial charge is 0.263 e. The third kappa shape index (κ3) is 4.31. The summed E-state index contributed by atoms with van der Waals surface area (Å²) in [4.78, 5) is 42.7.